The van der Waals surface area contributed by atoms with Gasteiger partial charge < -0.3 is 10.2 Å². The molecule has 0 bridgehead atoms. The van der Waals surface area contributed by atoms with Crippen molar-refractivity contribution < 1.29 is 10.2 Å². The highest BCUT2D eigenvalue weighted by Crippen LogP contribution is 2.64. The molecule has 2 nitrogen and oxygen atoms in total. The molecule has 3 aliphatic carbocycles. The Morgan fingerprint density at radius 1 is 1.30 bits per heavy atom. The van der Waals surface area contributed by atoms with Gasteiger partial charge in [-0.3, -0.25) is 0 Å². The van der Waals surface area contributed by atoms with Gasteiger partial charge in [0.25, 0.3) is 0 Å². The number of terminal acetylenes is 1. The van der Waals surface area contributed by atoms with Crippen LogP contribution in [0.1, 0.15) is 55.2 Å². The number of aliphatic hydroxyl groups excluding tert-OH is 1. The van der Waals surface area contributed by atoms with Crippen LogP contribution in [0, 0.1) is 36.5 Å². The number of aryl methyl sites for hydroxylation is 1. The molecule has 4 rings (SSSR count). The second kappa shape index (κ2) is 4.85. The lowest BCUT2D eigenvalue weighted by Gasteiger charge is -2.54. The summed E-state index contributed by atoms with van der Waals surface area (Å²) in [6.45, 7) is 4.28. The molecule has 122 valence electrons. The molecule has 2 N–H and O–H groups in total. The molecule has 23 heavy (non-hydrogen) atoms. The van der Waals surface area contributed by atoms with Crippen LogP contribution in [0.5, 0.6) is 0 Å². The summed E-state index contributed by atoms with van der Waals surface area (Å²) in [7, 11) is 0. The van der Waals surface area contributed by atoms with Gasteiger partial charge in [0.15, 0.2) is 0 Å². The Morgan fingerprint density at radius 3 is 2.83 bits per heavy atom. The average molecular weight is 310 g/mol. The van der Waals surface area contributed by atoms with E-state index in [1.807, 2.05) is 0 Å². The van der Waals surface area contributed by atoms with E-state index in [1.54, 1.807) is 0 Å². The molecule has 3 aliphatic rings. The van der Waals surface area contributed by atoms with Gasteiger partial charge in [-0.1, -0.05) is 31.0 Å². The quantitative estimate of drug-likeness (QED) is 0.723. The van der Waals surface area contributed by atoms with Crippen LogP contribution in [0.3, 0.4) is 0 Å². The van der Waals surface area contributed by atoms with Gasteiger partial charge in [0.1, 0.15) is 5.60 Å². The average Bonchev–Trinajstić information content (AvgIpc) is 2.79. The van der Waals surface area contributed by atoms with Crippen molar-refractivity contribution in [3.63, 3.8) is 0 Å². The van der Waals surface area contributed by atoms with Crippen LogP contribution in [-0.2, 0) is 6.42 Å². The molecule has 2 fully saturated rings. The van der Waals surface area contributed by atoms with Gasteiger partial charge in [-0.25, -0.2) is 0 Å². The van der Waals surface area contributed by atoms with E-state index in [9.17, 15) is 10.2 Å². The molecule has 2 saturated carbocycles. The summed E-state index contributed by atoms with van der Waals surface area (Å²) < 4.78 is 0. The molecule has 1 unspecified atom stereocenters. The summed E-state index contributed by atoms with van der Waals surface area (Å²) in [4.78, 5) is 0. The first-order valence-corrected chi connectivity index (χ1v) is 8.88. The van der Waals surface area contributed by atoms with E-state index in [-0.39, 0.29) is 11.3 Å². The zero-order valence-electron chi connectivity index (χ0n) is 14.0. The molecule has 1 aromatic carbocycles. The van der Waals surface area contributed by atoms with Crippen molar-refractivity contribution in [2.24, 2.45) is 17.3 Å². The fourth-order valence-electron chi connectivity index (χ4n) is 6.12. The maximum atomic E-state index is 11.0. The Hall–Kier alpha value is -1.30. The van der Waals surface area contributed by atoms with Crippen LogP contribution in [0.4, 0.5) is 0 Å². The maximum absolute atomic E-state index is 11.0. The lowest BCUT2D eigenvalue weighted by atomic mass is 9.52. The normalized spacial score (nSPS) is 44.8. The Morgan fingerprint density at radius 2 is 2.09 bits per heavy atom. The monoisotopic (exact) mass is 310 g/mol. The summed E-state index contributed by atoms with van der Waals surface area (Å²) in [5, 5.41) is 22.0. The third kappa shape index (κ3) is 1.84. The molecule has 0 saturated heterocycles. The predicted octanol–water partition coefficient (Wildman–Crippen LogP) is 3.19. The zero-order valence-corrected chi connectivity index (χ0v) is 14.0. The summed E-state index contributed by atoms with van der Waals surface area (Å²) >= 11 is 0. The van der Waals surface area contributed by atoms with Gasteiger partial charge in [-0.2, -0.15) is 0 Å². The standard InChI is InChI=1S/C21H26O2/c1-4-21(23)11-10-17-16-9-8-14-13(2)6-5-7-15(14)19(16)18(22)12-20(17,21)3/h1,5-7,16-19,22-23H,8-12H2,2-3H3/t16-,17-,18-,19+,20-,21?/m0/s1. The van der Waals surface area contributed by atoms with Crippen molar-refractivity contribution in [3.05, 3.63) is 34.9 Å². The fourth-order valence-corrected chi connectivity index (χ4v) is 6.12. The molecular formula is C21H26O2. The Labute approximate surface area is 138 Å². The third-order valence-corrected chi connectivity index (χ3v) is 7.38. The molecule has 0 spiro atoms. The van der Waals surface area contributed by atoms with Crippen molar-refractivity contribution in [1.82, 2.24) is 0 Å². The Bertz CT molecular complexity index is 688. The highest BCUT2D eigenvalue weighted by Gasteiger charge is 2.63. The molecule has 0 radical (unpaired) electrons. The van der Waals surface area contributed by atoms with E-state index < -0.39 is 11.7 Å². The van der Waals surface area contributed by atoms with Gasteiger partial charge >= 0.3 is 0 Å². The number of benzene rings is 1. The van der Waals surface area contributed by atoms with Gasteiger partial charge in [0.05, 0.1) is 6.10 Å². The number of fused-ring (bicyclic) bond motifs is 5. The van der Waals surface area contributed by atoms with Crippen LogP contribution >= 0.6 is 0 Å². The largest absolute Gasteiger partial charge is 0.392 e. The second-order valence-corrected chi connectivity index (χ2v) is 8.21. The predicted molar refractivity (Wildman–Crippen MR) is 91.0 cm³/mol. The number of rotatable bonds is 0. The first-order valence-electron chi connectivity index (χ1n) is 8.88. The van der Waals surface area contributed by atoms with Gasteiger partial charge in [-0.15, -0.1) is 6.42 Å². The van der Waals surface area contributed by atoms with Crippen LogP contribution in [0.25, 0.3) is 0 Å². The lowest BCUT2D eigenvalue weighted by Crippen LogP contribution is -2.54. The molecular weight excluding hydrogens is 284 g/mol. The third-order valence-electron chi connectivity index (χ3n) is 7.38. The maximum Gasteiger partial charge on any atom is 0.130 e. The summed E-state index contributed by atoms with van der Waals surface area (Å²) in [5.74, 6) is 3.71. The molecule has 0 heterocycles. The van der Waals surface area contributed by atoms with Crippen LogP contribution in [-0.4, -0.2) is 21.9 Å². The molecule has 1 aromatic rings. The van der Waals surface area contributed by atoms with E-state index >= 15 is 0 Å². The zero-order chi connectivity index (χ0) is 16.4. The van der Waals surface area contributed by atoms with Crippen molar-refractivity contribution in [2.75, 3.05) is 0 Å². The molecule has 0 amide bonds. The van der Waals surface area contributed by atoms with Gasteiger partial charge in [0.2, 0.25) is 0 Å². The second-order valence-electron chi connectivity index (χ2n) is 8.21. The van der Waals surface area contributed by atoms with E-state index in [4.69, 9.17) is 6.42 Å². The van der Waals surface area contributed by atoms with Crippen molar-refractivity contribution in [3.8, 4) is 12.3 Å². The molecule has 0 aliphatic heterocycles. The SMILES string of the molecule is C#CC1(O)CC[C@H]2[C@@H]3CCc4c(C)cccc4[C@H]3[C@@H](O)C[C@@]21C. The number of hydrogen-bond donors (Lipinski definition) is 2. The molecule has 0 aromatic heterocycles. The van der Waals surface area contributed by atoms with Gasteiger partial charge in [0, 0.05) is 11.3 Å². The first-order chi connectivity index (χ1) is 10.9. The van der Waals surface area contributed by atoms with Crippen molar-refractivity contribution in [1.29, 1.82) is 0 Å². The lowest BCUT2D eigenvalue weighted by molar-refractivity contribution is -0.107. The summed E-state index contributed by atoms with van der Waals surface area (Å²) in [5.41, 5.74) is 2.70. The van der Waals surface area contributed by atoms with Crippen molar-refractivity contribution in [2.45, 2.75) is 63.6 Å². The van der Waals surface area contributed by atoms with E-state index in [0.29, 0.717) is 24.7 Å². The molecule has 2 heteroatoms. The Kier molecular flexibility index (Phi) is 3.21. The minimum absolute atomic E-state index is 0.205. The number of hydrogen-bond acceptors (Lipinski definition) is 2. The van der Waals surface area contributed by atoms with E-state index in [0.717, 1.165) is 19.3 Å². The van der Waals surface area contributed by atoms with Crippen LogP contribution in [0.15, 0.2) is 18.2 Å². The smallest absolute Gasteiger partial charge is 0.130 e. The minimum Gasteiger partial charge on any atom is -0.392 e. The summed E-state index contributed by atoms with van der Waals surface area (Å²) in [6.07, 6.45) is 9.70. The fraction of sp³-hybridized carbons (Fsp3) is 0.619. The molecule has 6 atom stereocenters. The van der Waals surface area contributed by atoms with Crippen LogP contribution < -0.4 is 0 Å². The van der Waals surface area contributed by atoms with E-state index in [1.165, 1.54) is 16.7 Å². The highest BCUT2D eigenvalue weighted by atomic mass is 16.3. The summed E-state index contributed by atoms with van der Waals surface area (Å²) in [6, 6.07) is 6.49. The van der Waals surface area contributed by atoms with E-state index in [2.05, 4.69) is 38.0 Å². The van der Waals surface area contributed by atoms with Crippen LogP contribution in [0.2, 0.25) is 0 Å². The minimum atomic E-state index is -1.06. The van der Waals surface area contributed by atoms with Crippen molar-refractivity contribution >= 4 is 0 Å². The Balaban J connectivity index is 1.79. The topological polar surface area (TPSA) is 40.5 Å². The highest BCUT2D eigenvalue weighted by molar-refractivity contribution is 5.41. The number of aliphatic hydroxyl groups is 2. The van der Waals surface area contributed by atoms with Gasteiger partial charge in [-0.05, 0) is 67.6 Å². The first kappa shape index (κ1) is 15.2.